The van der Waals surface area contributed by atoms with E-state index < -0.39 is 41.7 Å². The fourth-order valence-electron chi connectivity index (χ4n) is 6.64. The zero-order valence-corrected chi connectivity index (χ0v) is 36.6. The van der Waals surface area contributed by atoms with Gasteiger partial charge in [-0.2, -0.15) is 9.97 Å². The number of fused-ring (bicyclic) bond motifs is 1. The molecule has 6 amide bonds. The Balaban J connectivity index is 1.18. The van der Waals surface area contributed by atoms with Gasteiger partial charge in [0.25, 0.3) is 0 Å². The predicted molar refractivity (Wildman–Crippen MR) is 235 cm³/mol. The Bertz CT molecular complexity index is 2250. The molecule has 1 unspecified atom stereocenters. The topological polar surface area (TPSA) is 284 Å². The van der Waals surface area contributed by atoms with Crippen molar-refractivity contribution in [3.63, 3.8) is 0 Å². The number of H-pyrrole nitrogens is 1. The molecule has 340 valence electrons. The van der Waals surface area contributed by atoms with Crippen molar-refractivity contribution in [1.29, 1.82) is 0 Å². The largest absolute Gasteiger partial charge is 0.463 e. The number of benzene rings is 1. The third-order valence-electron chi connectivity index (χ3n) is 10.6. The number of imidazole rings is 1. The van der Waals surface area contributed by atoms with E-state index in [9.17, 15) is 28.8 Å². The van der Waals surface area contributed by atoms with Gasteiger partial charge in [0.05, 0.1) is 25.4 Å². The number of nitrogen functional groups attached to an aromatic ring is 1. The van der Waals surface area contributed by atoms with E-state index in [4.69, 9.17) is 20.9 Å². The summed E-state index contributed by atoms with van der Waals surface area (Å²) in [7, 11) is 0. The number of urea groups is 1. The number of aromatic nitrogens is 5. The minimum Gasteiger partial charge on any atom is -0.463 e. The lowest BCUT2D eigenvalue weighted by molar-refractivity contribution is -0.133. The Labute approximate surface area is 365 Å². The summed E-state index contributed by atoms with van der Waals surface area (Å²) in [6, 6.07) is 7.98. The molecule has 2 atom stereocenters. The molecular formula is C43H60N12O8. The minimum absolute atomic E-state index is 0.0146. The van der Waals surface area contributed by atoms with Gasteiger partial charge >= 0.3 is 23.8 Å². The summed E-state index contributed by atoms with van der Waals surface area (Å²) in [5.41, 5.74) is 14.0. The van der Waals surface area contributed by atoms with Crippen LogP contribution in [0.3, 0.4) is 0 Å². The average Bonchev–Trinajstić information content (AvgIpc) is 3.54. The number of nitrogens with one attached hydrogen (secondary N) is 5. The van der Waals surface area contributed by atoms with Gasteiger partial charge < -0.3 is 52.1 Å². The highest BCUT2D eigenvalue weighted by Gasteiger charge is 2.31. The first-order valence-electron chi connectivity index (χ1n) is 21.4. The number of pyridine rings is 1. The van der Waals surface area contributed by atoms with Gasteiger partial charge in [-0.1, -0.05) is 59.2 Å². The molecule has 1 saturated carbocycles. The van der Waals surface area contributed by atoms with Crippen LogP contribution in [0.2, 0.25) is 0 Å². The van der Waals surface area contributed by atoms with Crippen molar-refractivity contribution < 1.29 is 33.4 Å². The molecule has 0 spiro atoms. The molecule has 3 heterocycles. The second-order valence-electron chi connectivity index (χ2n) is 16.3. The molecule has 63 heavy (non-hydrogen) atoms. The highest BCUT2D eigenvalue weighted by atomic mass is 16.6. The lowest BCUT2D eigenvalue weighted by Crippen LogP contribution is -2.55. The van der Waals surface area contributed by atoms with Crippen LogP contribution in [-0.4, -0.2) is 90.5 Å². The summed E-state index contributed by atoms with van der Waals surface area (Å²) in [6.45, 7) is 10.1. The van der Waals surface area contributed by atoms with Crippen LogP contribution in [0.4, 0.5) is 21.1 Å². The number of ether oxygens (including phenoxy) is 2. The van der Waals surface area contributed by atoms with Crippen molar-refractivity contribution in [3.8, 4) is 6.01 Å². The van der Waals surface area contributed by atoms with Crippen LogP contribution in [0.5, 0.6) is 6.01 Å². The fourth-order valence-corrected chi connectivity index (χ4v) is 6.64. The van der Waals surface area contributed by atoms with E-state index in [1.807, 2.05) is 13.0 Å². The predicted octanol–water partition coefficient (Wildman–Crippen LogP) is 3.68. The van der Waals surface area contributed by atoms with Crippen molar-refractivity contribution >= 4 is 52.5 Å². The monoisotopic (exact) mass is 872 g/mol. The maximum Gasteiger partial charge on any atom is 0.410 e. The quantitative estimate of drug-likeness (QED) is 0.0557. The van der Waals surface area contributed by atoms with Crippen molar-refractivity contribution in [1.82, 2.24) is 45.4 Å². The number of primary amides is 1. The Morgan fingerprint density at radius 2 is 1.68 bits per heavy atom. The van der Waals surface area contributed by atoms with E-state index in [1.165, 1.54) is 4.57 Å². The van der Waals surface area contributed by atoms with Crippen molar-refractivity contribution in [2.45, 2.75) is 117 Å². The summed E-state index contributed by atoms with van der Waals surface area (Å²) in [5, 5.41) is 10.8. The number of nitrogens with two attached hydrogens (primary N) is 2. The zero-order chi connectivity index (χ0) is 45.6. The second-order valence-corrected chi connectivity index (χ2v) is 16.3. The Hall–Kier alpha value is -6.73. The first kappa shape index (κ1) is 47.3. The molecule has 0 saturated heterocycles. The number of carbonyl (C=O) groups is 5. The van der Waals surface area contributed by atoms with Gasteiger partial charge in [-0.05, 0) is 73.8 Å². The summed E-state index contributed by atoms with van der Waals surface area (Å²) in [4.78, 5) is 94.4. The highest BCUT2D eigenvalue weighted by molar-refractivity contribution is 5.98. The number of anilines is 2. The minimum atomic E-state index is -0.989. The molecule has 9 N–H and O–H groups in total. The van der Waals surface area contributed by atoms with Gasteiger partial charge in [0.15, 0.2) is 11.5 Å². The number of unbranched alkanes of at least 4 members (excludes halogenated alkanes) is 1. The first-order chi connectivity index (χ1) is 30.1. The fraction of sp³-hybridized carbons (Fsp3) is 0.512. The standard InChI is InChI=1S/C43H60N12O8/c1-6-7-20-62-41-52-35(44)34-36(53-41)55(42(60)51-34)23-30-18-15-28(21-47-30)22-54(31-10-8-11-31)43(61)63-24-27-13-16-29(17-14-27)48-38(57)32(12-9-19-46-40(45)59)49-39(58)33(25(2)3)50-37(56)26(4)5/h13-18,21,25-26,31-33H,6-12,19-20,22-24H2,1-5H3,(H,48,57)(H,49,58)(H,50,56)(H,51,60)(H2,44,52,53)(H3,45,46,59)/t32-,33?/m0/s1. The number of carbonyl (C=O) groups excluding carboxylic acids is 5. The zero-order valence-electron chi connectivity index (χ0n) is 36.6. The number of nitrogens with zero attached hydrogens (tertiary/aromatic N) is 5. The molecular weight excluding hydrogens is 813 g/mol. The molecule has 1 aliphatic rings. The van der Waals surface area contributed by atoms with Gasteiger partial charge in [0.1, 0.15) is 24.2 Å². The van der Waals surface area contributed by atoms with Crippen LogP contribution in [0.15, 0.2) is 47.4 Å². The molecule has 0 aliphatic heterocycles. The third kappa shape index (κ3) is 13.4. The number of amides is 6. The van der Waals surface area contributed by atoms with Crippen LogP contribution in [0.25, 0.3) is 11.2 Å². The molecule has 0 radical (unpaired) electrons. The van der Waals surface area contributed by atoms with Crippen molar-refractivity contribution in [3.05, 3.63) is 69.9 Å². The Morgan fingerprint density at radius 1 is 0.952 bits per heavy atom. The van der Waals surface area contributed by atoms with Crippen LogP contribution in [0, 0.1) is 11.8 Å². The van der Waals surface area contributed by atoms with Gasteiger partial charge in [-0.25, -0.2) is 14.4 Å². The molecule has 5 rings (SSSR count). The average molecular weight is 873 g/mol. The van der Waals surface area contributed by atoms with E-state index in [0.29, 0.717) is 41.1 Å². The van der Waals surface area contributed by atoms with Crippen molar-refractivity contribution in [2.75, 3.05) is 24.2 Å². The first-order valence-corrected chi connectivity index (χ1v) is 21.4. The van der Waals surface area contributed by atoms with Gasteiger partial charge in [0, 0.05) is 30.4 Å². The molecule has 1 fully saturated rings. The highest BCUT2D eigenvalue weighted by Crippen LogP contribution is 2.27. The van der Waals surface area contributed by atoms with Crippen LogP contribution in [-0.2, 0) is 38.8 Å². The number of hydrogen-bond acceptors (Lipinski definition) is 12. The van der Waals surface area contributed by atoms with E-state index in [1.54, 1.807) is 69.1 Å². The molecule has 0 bridgehead atoms. The molecule has 1 aromatic carbocycles. The third-order valence-corrected chi connectivity index (χ3v) is 10.6. The Kier molecular flexibility index (Phi) is 16.8. The van der Waals surface area contributed by atoms with E-state index in [-0.39, 0.29) is 68.3 Å². The van der Waals surface area contributed by atoms with Gasteiger partial charge in [0.2, 0.25) is 17.7 Å². The number of hydrogen-bond donors (Lipinski definition) is 7. The maximum absolute atomic E-state index is 13.5. The molecule has 1 aliphatic carbocycles. The summed E-state index contributed by atoms with van der Waals surface area (Å²) >= 11 is 0. The Morgan fingerprint density at radius 3 is 2.30 bits per heavy atom. The lowest BCUT2D eigenvalue weighted by atomic mass is 9.91. The smallest absolute Gasteiger partial charge is 0.410 e. The van der Waals surface area contributed by atoms with Crippen LogP contribution in [0.1, 0.15) is 96.4 Å². The summed E-state index contributed by atoms with van der Waals surface area (Å²) in [5.74, 6) is -1.77. The SMILES string of the molecule is CCCCOc1nc(N)c2[nH]c(=O)n(Cc3ccc(CN(C(=O)OCc4ccc(NC(=O)[C@H](CCCNC(N)=O)NC(=O)C(NC(=O)C(C)C)C(C)C)cc4)C4CCC4)cn3)c2n1. The summed E-state index contributed by atoms with van der Waals surface area (Å²) < 4.78 is 12.8. The summed E-state index contributed by atoms with van der Waals surface area (Å²) in [6.07, 6.45) is 6.17. The van der Waals surface area contributed by atoms with E-state index in [0.717, 1.165) is 37.7 Å². The van der Waals surface area contributed by atoms with Crippen LogP contribution < -0.4 is 43.2 Å². The second kappa shape index (κ2) is 22.4. The molecule has 20 nitrogen and oxygen atoms in total. The van der Waals surface area contributed by atoms with E-state index >= 15 is 0 Å². The maximum atomic E-state index is 13.5. The van der Waals surface area contributed by atoms with Crippen LogP contribution >= 0.6 is 0 Å². The molecule has 4 aromatic rings. The normalized spacial score (nSPS) is 13.5. The van der Waals surface area contributed by atoms with Gasteiger partial charge in [-0.3, -0.25) is 23.9 Å². The molecule has 3 aromatic heterocycles. The van der Waals surface area contributed by atoms with Gasteiger partial charge in [-0.15, -0.1) is 0 Å². The number of rotatable bonds is 22. The number of aromatic amines is 1. The lowest BCUT2D eigenvalue weighted by Gasteiger charge is -2.36. The van der Waals surface area contributed by atoms with E-state index in [2.05, 4.69) is 41.2 Å². The molecule has 20 heteroatoms. The van der Waals surface area contributed by atoms with Crippen molar-refractivity contribution in [2.24, 2.45) is 17.6 Å².